The summed E-state index contributed by atoms with van der Waals surface area (Å²) < 4.78 is 10.8. The Balaban J connectivity index is 1.84. The summed E-state index contributed by atoms with van der Waals surface area (Å²) in [6, 6.07) is 11.5. The van der Waals surface area contributed by atoms with Crippen LogP contribution in [-0.2, 0) is 4.79 Å². The van der Waals surface area contributed by atoms with Gasteiger partial charge in [0.05, 0.1) is 11.5 Å². The minimum atomic E-state index is -1.32. The molecule has 0 bridgehead atoms. The van der Waals surface area contributed by atoms with Gasteiger partial charge in [-0.25, -0.2) is 0 Å². The summed E-state index contributed by atoms with van der Waals surface area (Å²) in [6.07, 6.45) is 0.507. The van der Waals surface area contributed by atoms with Gasteiger partial charge in [-0.3, -0.25) is 4.79 Å². The van der Waals surface area contributed by atoms with E-state index in [1.165, 1.54) is 25.1 Å². The number of carbonyl (C=O) groups excluding carboxylic acids is 2. The van der Waals surface area contributed by atoms with Gasteiger partial charge in [-0.05, 0) is 42.8 Å². The Hall–Kier alpha value is -2.79. The maximum atomic E-state index is 12.3. The van der Waals surface area contributed by atoms with E-state index in [-0.39, 0.29) is 17.3 Å². The number of halogens is 1. The number of ether oxygens (including phenoxy) is 2. The summed E-state index contributed by atoms with van der Waals surface area (Å²) in [5.41, 5.74) is 1.17. The Morgan fingerprint density at radius 2 is 1.96 bits per heavy atom. The molecule has 1 atom stereocenters. The van der Waals surface area contributed by atoms with Crippen molar-refractivity contribution in [3.05, 3.63) is 64.4 Å². The van der Waals surface area contributed by atoms with E-state index in [2.05, 4.69) is 0 Å². The van der Waals surface area contributed by atoms with Crippen LogP contribution < -0.4 is 14.6 Å². The highest BCUT2D eigenvalue weighted by Crippen LogP contribution is 2.35. The zero-order chi connectivity index (χ0) is 17.3. The minimum absolute atomic E-state index is 0.178. The third-order valence-electron chi connectivity index (χ3n) is 3.45. The molecule has 0 unspecified atom stereocenters. The number of benzene rings is 2. The first-order valence-corrected chi connectivity index (χ1v) is 7.53. The number of aliphatic carboxylic acids is 1. The van der Waals surface area contributed by atoms with Gasteiger partial charge < -0.3 is 19.4 Å². The summed E-state index contributed by atoms with van der Waals surface area (Å²) >= 11 is 5.83. The molecule has 0 radical (unpaired) electrons. The minimum Gasteiger partial charge on any atom is -0.546 e. The molecule has 0 amide bonds. The largest absolute Gasteiger partial charge is 0.546 e. The molecular formula is C18H12ClO5-. The van der Waals surface area contributed by atoms with Crippen LogP contribution in [0.2, 0.25) is 5.02 Å². The van der Waals surface area contributed by atoms with Gasteiger partial charge in [0.2, 0.25) is 5.78 Å². The number of carboxylic acid groups (broad SMARTS) is 1. The molecule has 2 aromatic carbocycles. The Morgan fingerprint density at radius 1 is 1.25 bits per heavy atom. The van der Waals surface area contributed by atoms with Gasteiger partial charge >= 0.3 is 0 Å². The molecule has 0 N–H and O–H groups in total. The molecule has 0 aromatic heterocycles. The molecule has 2 aromatic rings. The van der Waals surface area contributed by atoms with E-state index in [0.29, 0.717) is 16.3 Å². The second-order valence-electron chi connectivity index (χ2n) is 5.23. The van der Waals surface area contributed by atoms with Gasteiger partial charge in [0.15, 0.2) is 5.76 Å². The SMILES string of the molecule is C[C@H](Oc1ccc2c(c1)O/C(=C\c1ccc(Cl)cc1)C2=O)C(=O)[O-]. The number of rotatable bonds is 4. The van der Waals surface area contributed by atoms with E-state index >= 15 is 0 Å². The van der Waals surface area contributed by atoms with Gasteiger partial charge in [-0.2, -0.15) is 0 Å². The van der Waals surface area contributed by atoms with Crippen LogP contribution in [-0.4, -0.2) is 17.9 Å². The average molecular weight is 344 g/mol. The molecule has 0 saturated carbocycles. The molecule has 1 heterocycles. The van der Waals surface area contributed by atoms with Crippen molar-refractivity contribution < 1.29 is 24.2 Å². The summed E-state index contributed by atoms with van der Waals surface area (Å²) in [5.74, 6) is -0.790. The van der Waals surface area contributed by atoms with E-state index in [9.17, 15) is 14.7 Å². The van der Waals surface area contributed by atoms with Crippen molar-refractivity contribution in [2.45, 2.75) is 13.0 Å². The Morgan fingerprint density at radius 3 is 2.62 bits per heavy atom. The Bertz CT molecular complexity index is 839. The lowest BCUT2D eigenvalue weighted by Gasteiger charge is -2.15. The van der Waals surface area contributed by atoms with Crippen molar-refractivity contribution in [3.63, 3.8) is 0 Å². The van der Waals surface area contributed by atoms with Crippen LogP contribution in [0.3, 0.4) is 0 Å². The highest BCUT2D eigenvalue weighted by molar-refractivity contribution is 6.30. The number of ketones is 1. The van der Waals surface area contributed by atoms with Gasteiger partial charge in [-0.1, -0.05) is 23.7 Å². The molecule has 5 nitrogen and oxygen atoms in total. The smallest absolute Gasteiger partial charge is 0.231 e. The predicted molar refractivity (Wildman–Crippen MR) is 85.9 cm³/mol. The molecule has 3 rings (SSSR count). The number of fused-ring (bicyclic) bond motifs is 1. The van der Waals surface area contributed by atoms with E-state index in [0.717, 1.165) is 5.56 Å². The van der Waals surface area contributed by atoms with Crippen LogP contribution in [0.15, 0.2) is 48.2 Å². The number of carbonyl (C=O) groups is 2. The third-order valence-corrected chi connectivity index (χ3v) is 3.71. The van der Waals surface area contributed by atoms with E-state index < -0.39 is 12.1 Å². The molecule has 1 aliphatic rings. The monoisotopic (exact) mass is 343 g/mol. The van der Waals surface area contributed by atoms with Crippen LogP contribution in [0.1, 0.15) is 22.8 Å². The van der Waals surface area contributed by atoms with Gasteiger partial charge in [0.1, 0.15) is 17.6 Å². The molecule has 0 fully saturated rings. The van der Waals surface area contributed by atoms with Crippen molar-refractivity contribution in [1.82, 2.24) is 0 Å². The van der Waals surface area contributed by atoms with Crippen LogP contribution >= 0.6 is 11.6 Å². The summed E-state index contributed by atoms with van der Waals surface area (Å²) in [5, 5.41) is 11.3. The Labute approximate surface area is 143 Å². The fourth-order valence-corrected chi connectivity index (χ4v) is 2.33. The first-order valence-electron chi connectivity index (χ1n) is 7.15. The maximum absolute atomic E-state index is 12.3. The number of carboxylic acids is 1. The van der Waals surface area contributed by atoms with Crippen molar-refractivity contribution in [3.8, 4) is 11.5 Å². The lowest BCUT2D eigenvalue weighted by atomic mass is 10.1. The molecule has 0 saturated heterocycles. The van der Waals surface area contributed by atoms with Crippen molar-refractivity contribution in [2.24, 2.45) is 0 Å². The van der Waals surface area contributed by atoms with Crippen molar-refractivity contribution >= 4 is 29.4 Å². The lowest BCUT2D eigenvalue weighted by molar-refractivity contribution is -0.312. The highest BCUT2D eigenvalue weighted by Gasteiger charge is 2.27. The van der Waals surface area contributed by atoms with Gasteiger partial charge in [-0.15, -0.1) is 0 Å². The zero-order valence-corrected chi connectivity index (χ0v) is 13.4. The van der Waals surface area contributed by atoms with E-state index in [4.69, 9.17) is 21.1 Å². The second-order valence-corrected chi connectivity index (χ2v) is 5.66. The Kier molecular flexibility index (Phi) is 4.27. The molecule has 24 heavy (non-hydrogen) atoms. The quantitative estimate of drug-likeness (QED) is 0.797. The van der Waals surface area contributed by atoms with Gasteiger partial charge in [0, 0.05) is 11.1 Å². The highest BCUT2D eigenvalue weighted by atomic mass is 35.5. The summed E-state index contributed by atoms with van der Waals surface area (Å²) in [6.45, 7) is 1.36. The third kappa shape index (κ3) is 3.26. The molecule has 0 spiro atoms. The van der Waals surface area contributed by atoms with E-state index in [1.807, 2.05) is 0 Å². The topological polar surface area (TPSA) is 75.7 Å². The van der Waals surface area contributed by atoms with E-state index in [1.54, 1.807) is 30.3 Å². The molecular weight excluding hydrogens is 332 g/mol. The van der Waals surface area contributed by atoms with Crippen molar-refractivity contribution in [2.75, 3.05) is 0 Å². The zero-order valence-electron chi connectivity index (χ0n) is 12.6. The summed E-state index contributed by atoms with van der Waals surface area (Å²) in [7, 11) is 0. The first-order chi connectivity index (χ1) is 11.4. The standard InChI is InChI=1S/C18H13ClO5/c1-10(18(21)22)23-13-6-7-14-15(9-13)24-16(17(14)20)8-11-2-4-12(19)5-3-11/h2-10H,1H3,(H,21,22)/p-1/b16-8-/t10-/m0/s1. The number of allylic oxidation sites excluding steroid dienone is 1. The fourth-order valence-electron chi connectivity index (χ4n) is 2.20. The number of hydrogen-bond donors (Lipinski definition) is 0. The van der Waals surface area contributed by atoms with Gasteiger partial charge in [0.25, 0.3) is 0 Å². The van der Waals surface area contributed by atoms with Crippen molar-refractivity contribution in [1.29, 1.82) is 0 Å². The summed E-state index contributed by atoms with van der Waals surface area (Å²) in [4.78, 5) is 23.1. The molecule has 122 valence electrons. The first kappa shape index (κ1) is 16.1. The number of Topliss-reactive ketones (excluding diaryl/α,β-unsaturated/α-hetero) is 1. The normalized spacial score (nSPS) is 15.8. The van der Waals surface area contributed by atoms with Crippen LogP contribution in [0.4, 0.5) is 0 Å². The lowest BCUT2D eigenvalue weighted by Crippen LogP contribution is -2.37. The van der Waals surface area contributed by atoms with Crippen LogP contribution in [0, 0.1) is 0 Å². The molecule has 0 aliphatic carbocycles. The van der Waals surface area contributed by atoms with Crippen LogP contribution in [0.5, 0.6) is 11.5 Å². The fraction of sp³-hybridized carbons (Fsp3) is 0.111. The predicted octanol–water partition coefficient (Wildman–Crippen LogP) is 2.47. The number of hydrogen-bond acceptors (Lipinski definition) is 5. The molecule has 1 aliphatic heterocycles. The molecule has 6 heteroatoms. The van der Waals surface area contributed by atoms with Crippen LogP contribution in [0.25, 0.3) is 6.08 Å². The second kappa shape index (κ2) is 6.37. The average Bonchev–Trinajstić information content (AvgIpc) is 2.85. The maximum Gasteiger partial charge on any atom is 0.231 e.